The van der Waals surface area contributed by atoms with E-state index in [2.05, 4.69) is 0 Å². The van der Waals surface area contributed by atoms with Gasteiger partial charge in [0.05, 0.1) is 14.2 Å². The van der Waals surface area contributed by atoms with Gasteiger partial charge in [-0.15, -0.1) is 0 Å². The van der Waals surface area contributed by atoms with Gasteiger partial charge in [-0.1, -0.05) is 24.3 Å². The Bertz CT molecular complexity index is 586. The molecule has 4 heteroatoms. The first-order chi connectivity index (χ1) is 9.65. The van der Waals surface area contributed by atoms with E-state index in [9.17, 15) is 4.39 Å². The van der Waals surface area contributed by atoms with Crippen molar-refractivity contribution in [1.82, 2.24) is 0 Å². The molecule has 2 rings (SSSR count). The van der Waals surface area contributed by atoms with Crippen LogP contribution < -0.4 is 15.2 Å². The normalized spacial score (nSPS) is 12.0. The molecule has 2 N–H and O–H groups in total. The lowest BCUT2D eigenvalue weighted by atomic mass is 9.99. The van der Waals surface area contributed by atoms with Crippen LogP contribution in [-0.4, -0.2) is 14.2 Å². The van der Waals surface area contributed by atoms with Gasteiger partial charge in [-0.2, -0.15) is 0 Å². The minimum atomic E-state index is -0.433. The van der Waals surface area contributed by atoms with Crippen molar-refractivity contribution in [3.05, 3.63) is 59.4 Å². The molecule has 3 nitrogen and oxygen atoms in total. The molecule has 0 fully saturated rings. The molecule has 106 valence electrons. The maximum absolute atomic E-state index is 14.1. The highest BCUT2D eigenvalue weighted by molar-refractivity contribution is 5.35. The fourth-order valence-corrected chi connectivity index (χ4v) is 2.14. The number of hydrogen-bond acceptors (Lipinski definition) is 3. The van der Waals surface area contributed by atoms with E-state index in [4.69, 9.17) is 15.2 Å². The second kappa shape index (κ2) is 6.39. The van der Waals surface area contributed by atoms with Gasteiger partial charge in [-0.05, 0) is 30.2 Å². The van der Waals surface area contributed by atoms with Crippen molar-refractivity contribution >= 4 is 0 Å². The van der Waals surface area contributed by atoms with E-state index >= 15 is 0 Å². The summed E-state index contributed by atoms with van der Waals surface area (Å²) in [7, 11) is 3.05. The zero-order chi connectivity index (χ0) is 14.5. The van der Waals surface area contributed by atoms with Gasteiger partial charge < -0.3 is 15.2 Å². The van der Waals surface area contributed by atoms with E-state index in [0.29, 0.717) is 12.0 Å². The molecule has 0 spiro atoms. The van der Waals surface area contributed by atoms with Gasteiger partial charge in [0.1, 0.15) is 5.75 Å². The number of nitrogens with two attached hydrogens (primary N) is 1. The molecular weight excluding hydrogens is 257 g/mol. The highest BCUT2D eigenvalue weighted by atomic mass is 19.1. The molecule has 0 bridgehead atoms. The molecule has 0 aliphatic heterocycles. The number of hydrogen-bond donors (Lipinski definition) is 1. The largest absolute Gasteiger partial charge is 0.497 e. The first-order valence-electron chi connectivity index (χ1n) is 6.36. The summed E-state index contributed by atoms with van der Waals surface area (Å²) in [6, 6.07) is 12.2. The molecule has 2 aromatic carbocycles. The number of halogens is 1. The summed E-state index contributed by atoms with van der Waals surface area (Å²) < 4.78 is 24.3. The van der Waals surface area contributed by atoms with E-state index in [0.717, 1.165) is 11.3 Å². The number of rotatable bonds is 5. The Morgan fingerprint density at radius 1 is 1.10 bits per heavy atom. The van der Waals surface area contributed by atoms with E-state index in [1.807, 2.05) is 24.3 Å². The summed E-state index contributed by atoms with van der Waals surface area (Å²) in [4.78, 5) is 0. The van der Waals surface area contributed by atoms with Gasteiger partial charge in [0.15, 0.2) is 11.6 Å². The second-order valence-corrected chi connectivity index (χ2v) is 4.53. The van der Waals surface area contributed by atoms with E-state index < -0.39 is 11.9 Å². The van der Waals surface area contributed by atoms with Crippen molar-refractivity contribution in [2.24, 2.45) is 5.73 Å². The van der Waals surface area contributed by atoms with E-state index in [1.54, 1.807) is 25.3 Å². The molecule has 0 aromatic heterocycles. The first-order valence-corrected chi connectivity index (χ1v) is 6.36. The monoisotopic (exact) mass is 275 g/mol. The van der Waals surface area contributed by atoms with Crippen molar-refractivity contribution in [1.29, 1.82) is 0 Å². The summed E-state index contributed by atoms with van der Waals surface area (Å²) in [5.74, 6) is 0.579. The third kappa shape index (κ3) is 3.08. The Kier molecular flexibility index (Phi) is 4.58. The molecule has 0 aliphatic carbocycles. The molecule has 0 radical (unpaired) electrons. The average Bonchev–Trinajstić information content (AvgIpc) is 2.47. The lowest BCUT2D eigenvalue weighted by Gasteiger charge is -2.15. The van der Waals surface area contributed by atoms with E-state index in [1.165, 1.54) is 7.11 Å². The van der Waals surface area contributed by atoms with Crippen LogP contribution >= 0.6 is 0 Å². The van der Waals surface area contributed by atoms with Gasteiger partial charge >= 0.3 is 0 Å². The van der Waals surface area contributed by atoms with Crippen molar-refractivity contribution < 1.29 is 13.9 Å². The van der Waals surface area contributed by atoms with Crippen molar-refractivity contribution in [2.75, 3.05) is 14.2 Å². The number of ether oxygens (including phenoxy) is 2. The van der Waals surface area contributed by atoms with Crippen LogP contribution in [-0.2, 0) is 6.42 Å². The molecule has 20 heavy (non-hydrogen) atoms. The van der Waals surface area contributed by atoms with Crippen LogP contribution in [0.5, 0.6) is 11.5 Å². The van der Waals surface area contributed by atoms with Crippen LogP contribution in [0.1, 0.15) is 17.2 Å². The minimum Gasteiger partial charge on any atom is -0.497 e. The second-order valence-electron chi connectivity index (χ2n) is 4.53. The summed E-state index contributed by atoms with van der Waals surface area (Å²) in [5.41, 5.74) is 7.56. The Morgan fingerprint density at radius 2 is 1.85 bits per heavy atom. The lowest BCUT2D eigenvalue weighted by Crippen LogP contribution is -2.15. The molecule has 0 heterocycles. The van der Waals surface area contributed by atoms with Gasteiger partial charge in [-0.3, -0.25) is 0 Å². The standard InChI is InChI=1S/C16H18FNO2/c1-19-12-6-3-5-11(9-12)10-14(18)13-7-4-8-15(20-2)16(13)17/h3-9,14H,10,18H2,1-2H3. The molecule has 1 atom stereocenters. The SMILES string of the molecule is COc1cccc(CC(N)c2cccc(OC)c2F)c1. The van der Waals surface area contributed by atoms with Crippen LogP contribution in [0, 0.1) is 5.82 Å². The number of benzene rings is 2. The highest BCUT2D eigenvalue weighted by Gasteiger charge is 2.15. The fourth-order valence-electron chi connectivity index (χ4n) is 2.14. The van der Waals surface area contributed by atoms with Crippen molar-refractivity contribution in [3.63, 3.8) is 0 Å². The lowest BCUT2D eigenvalue weighted by molar-refractivity contribution is 0.382. The van der Waals surface area contributed by atoms with Crippen LogP contribution in [0.25, 0.3) is 0 Å². The zero-order valence-electron chi connectivity index (χ0n) is 11.6. The Hall–Kier alpha value is -2.07. The maximum Gasteiger partial charge on any atom is 0.169 e. The summed E-state index contributed by atoms with van der Waals surface area (Å²) >= 11 is 0. The third-order valence-corrected chi connectivity index (χ3v) is 3.20. The van der Waals surface area contributed by atoms with Gasteiger partial charge in [-0.25, -0.2) is 4.39 Å². The fraction of sp³-hybridized carbons (Fsp3) is 0.250. The first kappa shape index (κ1) is 14.3. The maximum atomic E-state index is 14.1. The van der Waals surface area contributed by atoms with Crippen LogP contribution in [0.3, 0.4) is 0 Å². The number of methoxy groups -OCH3 is 2. The highest BCUT2D eigenvalue weighted by Crippen LogP contribution is 2.26. The predicted molar refractivity (Wildman–Crippen MR) is 76.6 cm³/mol. The van der Waals surface area contributed by atoms with Crippen molar-refractivity contribution in [3.8, 4) is 11.5 Å². The van der Waals surface area contributed by atoms with Crippen LogP contribution in [0.15, 0.2) is 42.5 Å². The molecular formula is C16H18FNO2. The van der Waals surface area contributed by atoms with E-state index in [-0.39, 0.29) is 5.75 Å². The Balaban J connectivity index is 2.21. The molecule has 1 unspecified atom stereocenters. The summed E-state index contributed by atoms with van der Waals surface area (Å²) in [5, 5.41) is 0. The van der Waals surface area contributed by atoms with Gasteiger partial charge in [0, 0.05) is 11.6 Å². The van der Waals surface area contributed by atoms with Crippen molar-refractivity contribution in [2.45, 2.75) is 12.5 Å². The molecule has 0 amide bonds. The molecule has 2 aromatic rings. The average molecular weight is 275 g/mol. The topological polar surface area (TPSA) is 44.5 Å². The smallest absolute Gasteiger partial charge is 0.169 e. The van der Waals surface area contributed by atoms with Gasteiger partial charge in [0.2, 0.25) is 0 Å². The molecule has 0 saturated heterocycles. The third-order valence-electron chi connectivity index (χ3n) is 3.20. The van der Waals surface area contributed by atoms with Gasteiger partial charge in [0.25, 0.3) is 0 Å². The molecule has 0 aliphatic rings. The minimum absolute atomic E-state index is 0.212. The predicted octanol–water partition coefficient (Wildman–Crippen LogP) is 3.09. The van der Waals surface area contributed by atoms with Crippen LogP contribution in [0.4, 0.5) is 4.39 Å². The van der Waals surface area contributed by atoms with Crippen LogP contribution in [0.2, 0.25) is 0 Å². The Morgan fingerprint density at radius 3 is 2.55 bits per heavy atom. The Labute approximate surface area is 118 Å². The summed E-state index contributed by atoms with van der Waals surface area (Å²) in [6.07, 6.45) is 0.529. The zero-order valence-corrected chi connectivity index (χ0v) is 11.6. The molecule has 0 saturated carbocycles. The summed E-state index contributed by atoms with van der Waals surface area (Å²) in [6.45, 7) is 0. The quantitative estimate of drug-likeness (QED) is 0.912.